The Morgan fingerprint density at radius 2 is 2.16 bits per heavy atom. The molecule has 3 N–H and O–H groups in total. The van der Waals surface area contributed by atoms with Crippen molar-refractivity contribution in [2.45, 2.75) is 38.6 Å². The largest absolute Gasteiger partial charge is 0.383 e. The first-order valence-electron chi connectivity index (χ1n) is 6.73. The van der Waals surface area contributed by atoms with Gasteiger partial charge < -0.3 is 20.5 Å². The molecule has 0 aliphatic heterocycles. The summed E-state index contributed by atoms with van der Waals surface area (Å²) in [5.74, 6) is -0.125. The van der Waals surface area contributed by atoms with Gasteiger partial charge in [-0.1, -0.05) is 6.42 Å². The normalized spacial score (nSPS) is 18.1. The fourth-order valence-electron chi connectivity index (χ4n) is 2.29. The number of ether oxygens (including phenoxy) is 2. The Morgan fingerprint density at radius 3 is 2.63 bits per heavy atom. The van der Waals surface area contributed by atoms with Gasteiger partial charge in [0.2, 0.25) is 5.91 Å². The lowest BCUT2D eigenvalue weighted by Gasteiger charge is -2.42. The topological polar surface area (TPSA) is 73.6 Å². The summed E-state index contributed by atoms with van der Waals surface area (Å²) < 4.78 is 10.3. The molecule has 1 saturated carbocycles. The van der Waals surface area contributed by atoms with E-state index in [1.54, 1.807) is 7.11 Å². The first kappa shape index (κ1) is 18.6. The maximum absolute atomic E-state index is 11.7. The Morgan fingerprint density at radius 1 is 1.47 bits per heavy atom. The molecule has 0 aromatic rings. The molecule has 0 aromatic heterocycles. The number of carbonyl (C=O) groups excluding carboxylic acids is 1. The maximum Gasteiger partial charge on any atom is 0.239 e. The van der Waals surface area contributed by atoms with Gasteiger partial charge in [-0.2, -0.15) is 0 Å². The van der Waals surface area contributed by atoms with E-state index in [9.17, 15) is 4.79 Å². The van der Waals surface area contributed by atoms with Crippen LogP contribution >= 0.6 is 12.4 Å². The van der Waals surface area contributed by atoms with Crippen LogP contribution in [-0.4, -0.2) is 45.4 Å². The number of nitrogens with one attached hydrogen (secondary N) is 1. The molecular weight excluding hydrogens is 268 g/mol. The van der Waals surface area contributed by atoms with Crippen LogP contribution in [0, 0.1) is 5.41 Å². The zero-order chi connectivity index (χ0) is 13.4. The van der Waals surface area contributed by atoms with Crippen molar-refractivity contribution in [3.8, 4) is 0 Å². The van der Waals surface area contributed by atoms with Crippen LogP contribution in [0.15, 0.2) is 0 Å². The van der Waals surface area contributed by atoms with Crippen molar-refractivity contribution in [1.29, 1.82) is 0 Å². The molecule has 1 unspecified atom stereocenters. The number of hydrogen-bond acceptors (Lipinski definition) is 4. The molecule has 0 heterocycles. The number of halogens is 1. The second-order valence-corrected chi connectivity index (χ2v) is 5.08. The summed E-state index contributed by atoms with van der Waals surface area (Å²) >= 11 is 0. The summed E-state index contributed by atoms with van der Waals surface area (Å²) in [6.45, 7) is 4.49. The van der Waals surface area contributed by atoms with Crippen molar-refractivity contribution in [1.82, 2.24) is 5.32 Å². The molecule has 0 saturated heterocycles. The van der Waals surface area contributed by atoms with E-state index in [1.807, 2.05) is 6.92 Å². The third-order valence-corrected chi connectivity index (χ3v) is 3.72. The van der Waals surface area contributed by atoms with Gasteiger partial charge in [0, 0.05) is 26.9 Å². The Bertz CT molecular complexity index is 260. The average Bonchev–Trinajstić information content (AvgIpc) is 2.31. The first-order valence-corrected chi connectivity index (χ1v) is 6.73. The van der Waals surface area contributed by atoms with Crippen LogP contribution in [-0.2, 0) is 14.3 Å². The fraction of sp³-hybridized carbons (Fsp3) is 0.923. The number of hydrogen-bond donors (Lipinski definition) is 2. The smallest absolute Gasteiger partial charge is 0.239 e. The predicted molar refractivity (Wildman–Crippen MR) is 77.5 cm³/mol. The van der Waals surface area contributed by atoms with Crippen LogP contribution in [0.2, 0.25) is 0 Å². The van der Waals surface area contributed by atoms with Crippen molar-refractivity contribution in [3.63, 3.8) is 0 Å². The molecule has 6 heteroatoms. The number of amides is 1. The van der Waals surface area contributed by atoms with Crippen molar-refractivity contribution >= 4 is 18.3 Å². The zero-order valence-electron chi connectivity index (χ0n) is 11.9. The molecule has 19 heavy (non-hydrogen) atoms. The summed E-state index contributed by atoms with van der Waals surface area (Å²) in [5, 5.41) is 2.94. The van der Waals surface area contributed by atoms with E-state index in [4.69, 9.17) is 15.2 Å². The first-order chi connectivity index (χ1) is 8.63. The highest BCUT2D eigenvalue weighted by Gasteiger charge is 2.37. The highest BCUT2D eigenvalue weighted by Crippen LogP contribution is 2.43. The third-order valence-electron chi connectivity index (χ3n) is 3.72. The second kappa shape index (κ2) is 9.53. The number of nitrogens with two attached hydrogens (primary N) is 1. The molecule has 1 fully saturated rings. The molecule has 1 aliphatic rings. The van der Waals surface area contributed by atoms with Crippen molar-refractivity contribution in [2.75, 3.05) is 33.5 Å². The third kappa shape index (κ3) is 6.08. The lowest BCUT2D eigenvalue weighted by molar-refractivity contribution is -0.124. The standard InChI is InChI=1S/C13H26N2O3.ClH/c1-3-18-8-7-13(5-4-6-13)10-15-12(16)11(14)9-17-2;/h11H,3-10,14H2,1-2H3,(H,15,16);1H. The molecule has 1 amide bonds. The van der Waals surface area contributed by atoms with Crippen molar-refractivity contribution in [2.24, 2.45) is 11.1 Å². The number of carbonyl (C=O) groups is 1. The van der Waals surface area contributed by atoms with E-state index in [0.717, 1.165) is 19.6 Å². The molecule has 1 atom stereocenters. The van der Waals surface area contributed by atoms with Gasteiger partial charge in [-0.05, 0) is 31.6 Å². The van der Waals surface area contributed by atoms with Crippen molar-refractivity contribution < 1.29 is 14.3 Å². The Labute approximate surface area is 122 Å². The molecule has 1 rings (SSSR count). The zero-order valence-corrected chi connectivity index (χ0v) is 12.8. The molecule has 0 bridgehead atoms. The van der Waals surface area contributed by atoms with Crippen LogP contribution in [0.25, 0.3) is 0 Å². The summed E-state index contributed by atoms with van der Waals surface area (Å²) in [6, 6.07) is -0.570. The van der Waals surface area contributed by atoms with Gasteiger partial charge in [-0.15, -0.1) is 12.4 Å². The van der Waals surface area contributed by atoms with Gasteiger partial charge in [0.1, 0.15) is 6.04 Å². The Kier molecular flexibility index (Phi) is 9.35. The minimum absolute atomic E-state index is 0. The van der Waals surface area contributed by atoms with Gasteiger partial charge in [-0.25, -0.2) is 0 Å². The quantitative estimate of drug-likeness (QED) is 0.625. The summed E-state index contributed by atoms with van der Waals surface area (Å²) in [6.07, 6.45) is 4.59. The van der Waals surface area contributed by atoms with E-state index in [0.29, 0.717) is 6.54 Å². The Balaban J connectivity index is 0.00000324. The van der Waals surface area contributed by atoms with E-state index in [2.05, 4.69) is 5.32 Å². The highest BCUT2D eigenvalue weighted by atomic mass is 35.5. The van der Waals surface area contributed by atoms with E-state index < -0.39 is 6.04 Å². The highest BCUT2D eigenvalue weighted by molar-refractivity contribution is 5.85. The van der Waals surface area contributed by atoms with Crippen molar-refractivity contribution in [3.05, 3.63) is 0 Å². The molecule has 114 valence electrons. The molecule has 0 spiro atoms. The van der Waals surface area contributed by atoms with E-state index in [-0.39, 0.29) is 30.3 Å². The van der Waals surface area contributed by atoms with Crippen LogP contribution in [0.4, 0.5) is 0 Å². The SMILES string of the molecule is CCOCCC1(CNC(=O)C(N)COC)CCC1.Cl. The lowest BCUT2D eigenvalue weighted by atomic mass is 9.66. The van der Waals surface area contributed by atoms with Crippen LogP contribution in [0.5, 0.6) is 0 Å². The van der Waals surface area contributed by atoms with Crippen LogP contribution < -0.4 is 11.1 Å². The molecular formula is C13H27ClN2O3. The molecule has 0 radical (unpaired) electrons. The van der Waals surface area contributed by atoms with Gasteiger partial charge in [-0.3, -0.25) is 4.79 Å². The van der Waals surface area contributed by atoms with E-state index >= 15 is 0 Å². The van der Waals surface area contributed by atoms with E-state index in [1.165, 1.54) is 19.3 Å². The Hall–Kier alpha value is -0.360. The summed E-state index contributed by atoms with van der Waals surface area (Å²) in [5.41, 5.74) is 5.91. The summed E-state index contributed by atoms with van der Waals surface area (Å²) in [7, 11) is 1.54. The minimum Gasteiger partial charge on any atom is -0.383 e. The minimum atomic E-state index is -0.570. The van der Waals surface area contributed by atoms with Gasteiger partial charge >= 0.3 is 0 Å². The summed E-state index contributed by atoms with van der Waals surface area (Å²) in [4.78, 5) is 11.7. The second-order valence-electron chi connectivity index (χ2n) is 5.08. The van der Waals surface area contributed by atoms with Gasteiger partial charge in [0.25, 0.3) is 0 Å². The van der Waals surface area contributed by atoms with Gasteiger partial charge in [0.05, 0.1) is 6.61 Å². The number of rotatable bonds is 9. The average molecular weight is 295 g/mol. The fourth-order valence-corrected chi connectivity index (χ4v) is 2.29. The molecule has 1 aliphatic carbocycles. The van der Waals surface area contributed by atoms with Crippen LogP contribution in [0.3, 0.4) is 0 Å². The predicted octanol–water partition coefficient (Wildman–Crippen LogP) is 1.09. The van der Waals surface area contributed by atoms with Gasteiger partial charge in [0.15, 0.2) is 0 Å². The monoisotopic (exact) mass is 294 g/mol. The maximum atomic E-state index is 11.7. The number of methoxy groups -OCH3 is 1. The lowest BCUT2D eigenvalue weighted by Crippen LogP contribution is -2.49. The van der Waals surface area contributed by atoms with Crippen LogP contribution in [0.1, 0.15) is 32.6 Å². The molecule has 5 nitrogen and oxygen atoms in total. The molecule has 0 aromatic carbocycles.